The van der Waals surface area contributed by atoms with Crippen LogP contribution in [0.4, 0.5) is 0 Å². The number of morpholine rings is 1. The number of hydrogen-bond acceptors (Lipinski definition) is 5. The second-order valence-electron chi connectivity index (χ2n) is 6.26. The molecule has 1 aromatic heterocycles. The first-order valence-corrected chi connectivity index (χ1v) is 8.36. The van der Waals surface area contributed by atoms with Gasteiger partial charge in [-0.2, -0.15) is 0 Å². The van der Waals surface area contributed by atoms with E-state index in [0.717, 1.165) is 25.2 Å². The Morgan fingerprint density at radius 3 is 2.96 bits per heavy atom. The Hall–Kier alpha value is -1.73. The maximum atomic E-state index is 12.4. The lowest BCUT2D eigenvalue weighted by atomic mass is 10.1. The van der Waals surface area contributed by atoms with Crippen LogP contribution in [0.15, 0.2) is 17.2 Å². The summed E-state index contributed by atoms with van der Waals surface area (Å²) in [5.41, 5.74) is 0.625. The molecule has 1 N–H and O–H groups in total. The standard InChI is InChI=1S/C16H24N4O3/c21-15-9-13(17-12-18-15)3-4-14-10-20(7-8-23-14)16(22)11-19-5-1-2-6-19/h9,12,14H,1-8,10-11H2,(H,17,18,21). The highest BCUT2D eigenvalue weighted by Crippen LogP contribution is 2.13. The van der Waals surface area contributed by atoms with Crippen LogP contribution >= 0.6 is 0 Å². The molecule has 0 spiro atoms. The number of rotatable bonds is 5. The van der Waals surface area contributed by atoms with Crippen molar-refractivity contribution >= 4 is 5.91 Å². The van der Waals surface area contributed by atoms with Crippen molar-refractivity contribution in [3.8, 4) is 0 Å². The van der Waals surface area contributed by atoms with Gasteiger partial charge in [0, 0.05) is 24.8 Å². The first-order valence-electron chi connectivity index (χ1n) is 8.36. The fourth-order valence-corrected chi connectivity index (χ4v) is 3.21. The summed E-state index contributed by atoms with van der Waals surface area (Å²) in [5, 5.41) is 0. The van der Waals surface area contributed by atoms with Crippen LogP contribution in [0.5, 0.6) is 0 Å². The molecule has 1 atom stereocenters. The number of aromatic nitrogens is 2. The number of nitrogens with one attached hydrogen (secondary N) is 1. The summed E-state index contributed by atoms with van der Waals surface area (Å²) in [4.78, 5) is 34.5. The Kier molecular flexibility index (Phi) is 5.40. The SMILES string of the molecule is O=C(CN1CCCC1)N1CCOC(CCc2cc(=O)[nH]cn2)C1. The van der Waals surface area contributed by atoms with Crippen molar-refractivity contribution in [2.24, 2.45) is 0 Å². The van der Waals surface area contributed by atoms with Crippen LogP contribution in [0.25, 0.3) is 0 Å². The average molecular weight is 320 g/mol. The van der Waals surface area contributed by atoms with Crippen LogP contribution < -0.4 is 5.56 Å². The summed E-state index contributed by atoms with van der Waals surface area (Å²) in [6.07, 6.45) is 5.29. The van der Waals surface area contributed by atoms with Crippen LogP contribution in [0.1, 0.15) is 25.0 Å². The van der Waals surface area contributed by atoms with Crippen molar-refractivity contribution in [1.29, 1.82) is 0 Å². The van der Waals surface area contributed by atoms with Crippen LogP contribution in [0, 0.1) is 0 Å². The highest BCUT2D eigenvalue weighted by atomic mass is 16.5. The highest BCUT2D eigenvalue weighted by Gasteiger charge is 2.26. The van der Waals surface area contributed by atoms with Crippen molar-refractivity contribution in [3.63, 3.8) is 0 Å². The fraction of sp³-hybridized carbons (Fsp3) is 0.688. The van der Waals surface area contributed by atoms with E-state index in [0.29, 0.717) is 32.7 Å². The smallest absolute Gasteiger partial charge is 0.250 e. The van der Waals surface area contributed by atoms with Crippen LogP contribution in [-0.4, -0.2) is 71.1 Å². The van der Waals surface area contributed by atoms with Crippen molar-refractivity contribution < 1.29 is 9.53 Å². The van der Waals surface area contributed by atoms with Gasteiger partial charge in [-0.3, -0.25) is 14.5 Å². The third kappa shape index (κ3) is 4.62. The van der Waals surface area contributed by atoms with Gasteiger partial charge in [-0.25, -0.2) is 4.98 Å². The first kappa shape index (κ1) is 16.1. The lowest BCUT2D eigenvalue weighted by Gasteiger charge is -2.34. The number of carbonyl (C=O) groups excluding carboxylic acids is 1. The molecule has 2 aliphatic heterocycles. The zero-order valence-corrected chi connectivity index (χ0v) is 13.4. The molecule has 7 heteroatoms. The average Bonchev–Trinajstić information content (AvgIpc) is 3.06. The van der Waals surface area contributed by atoms with Crippen molar-refractivity contribution in [2.45, 2.75) is 31.8 Å². The molecule has 23 heavy (non-hydrogen) atoms. The summed E-state index contributed by atoms with van der Waals surface area (Å²) in [5.74, 6) is 0.203. The van der Waals surface area contributed by atoms with Gasteiger partial charge in [0.25, 0.3) is 5.56 Å². The fourth-order valence-electron chi connectivity index (χ4n) is 3.21. The molecule has 2 aliphatic rings. The normalized spacial score (nSPS) is 22.4. The molecule has 0 bridgehead atoms. The number of hydrogen-bond donors (Lipinski definition) is 1. The van der Waals surface area contributed by atoms with Crippen molar-refractivity contribution in [1.82, 2.24) is 19.8 Å². The van der Waals surface area contributed by atoms with Gasteiger partial charge in [-0.1, -0.05) is 0 Å². The molecule has 1 aromatic rings. The summed E-state index contributed by atoms with van der Waals surface area (Å²) in [6.45, 7) is 4.49. The van der Waals surface area contributed by atoms with E-state index in [1.165, 1.54) is 25.2 Å². The predicted molar refractivity (Wildman–Crippen MR) is 85.2 cm³/mol. The Labute approximate surface area is 135 Å². The van der Waals surface area contributed by atoms with Crippen molar-refractivity contribution in [3.05, 3.63) is 28.4 Å². The Bertz CT molecular complexity index is 583. The second kappa shape index (κ2) is 7.70. The first-order chi connectivity index (χ1) is 11.2. The van der Waals surface area contributed by atoms with E-state index in [9.17, 15) is 9.59 Å². The zero-order chi connectivity index (χ0) is 16.1. The van der Waals surface area contributed by atoms with Crippen molar-refractivity contribution in [2.75, 3.05) is 39.3 Å². The van der Waals surface area contributed by atoms with E-state index in [-0.39, 0.29) is 17.6 Å². The minimum atomic E-state index is -0.137. The molecule has 2 saturated heterocycles. The Morgan fingerprint density at radius 2 is 2.17 bits per heavy atom. The molecule has 0 aliphatic carbocycles. The molecule has 2 fully saturated rings. The van der Waals surface area contributed by atoms with E-state index < -0.39 is 0 Å². The quantitative estimate of drug-likeness (QED) is 0.828. The maximum absolute atomic E-state index is 12.4. The summed E-state index contributed by atoms with van der Waals surface area (Å²) < 4.78 is 5.76. The molecule has 3 heterocycles. The van der Waals surface area contributed by atoms with Gasteiger partial charge in [0.15, 0.2) is 0 Å². The lowest BCUT2D eigenvalue weighted by molar-refractivity contribution is -0.139. The number of ether oxygens (including phenoxy) is 1. The Morgan fingerprint density at radius 1 is 1.35 bits per heavy atom. The van der Waals surface area contributed by atoms with Gasteiger partial charge in [0.2, 0.25) is 5.91 Å². The van der Waals surface area contributed by atoms with Gasteiger partial charge in [-0.05, 0) is 38.8 Å². The van der Waals surface area contributed by atoms with E-state index >= 15 is 0 Å². The third-order valence-corrected chi connectivity index (χ3v) is 4.51. The van der Waals surface area contributed by atoms with E-state index in [2.05, 4.69) is 14.9 Å². The number of H-pyrrole nitrogens is 1. The van der Waals surface area contributed by atoms with Gasteiger partial charge in [-0.15, -0.1) is 0 Å². The van der Waals surface area contributed by atoms with E-state index in [4.69, 9.17) is 4.74 Å². The zero-order valence-electron chi connectivity index (χ0n) is 13.4. The molecule has 126 valence electrons. The maximum Gasteiger partial charge on any atom is 0.250 e. The number of carbonyl (C=O) groups is 1. The molecular weight excluding hydrogens is 296 g/mol. The number of aromatic amines is 1. The molecule has 0 radical (unpaired) electrons. The molecule has 1 unspecified atom stereocenters. The lowest BCUT2D eigenvalue weighted by Crippen LogP contribution is -2.48. The number of nitrogens with zero attached hydrogens (tertiary/aromatic N) is 3. The molecule has 0 saturated carbocycles. The van der Waals surface area contributed by atoms with Crippen LogP contribution in [-0.2, 0) is 16.0 Å². The molecule has 0 aromatic carbocycles. The molecular formula is C16H24N4O3. The van der Waals surface area contributed by atoms with Gasteiger partial charge in [0.05, 0.1) is 25.6 Å². The Balaban J connectivity index is 1.47. The van der Waals surface area contributed by atoms with Gasteiger partial charge in [0.1, 0.15) is 0 Å². The van der Waals surface area contributed by atoms with Gasteiger partial charge < -0.3 is 14.6 Å². The highest BCUT2D eigenvalue weighted by molar-refractivity contribution is 5.78. The third-order valence-electron chi connectivity index (χ3n) is 4.51. The molecule has 3 rings (SSSR count). The summed E-state index contributed by atoms with van der Waals surface area (Å²) in [7, 11) is 0. The number of likely N-dealkylation sites (tertiary alicyclic amines) is 1. The second-order valence-corrected chi connectivity index (χ2v) is 6.26. The monoisotopic (exact) mass is 320 g/mol. The summed E-state index contributed by atoms with van der Waals surface area (Å²) >= 11 is 0. The largest absolute Gasteiger partial charge is 0.375 e. The van der Waals surface area contributed by atoms with E-state index in [1.807, 2.05) is 4.90 Å². The van der Waals surface area contributed by atoms with Gasteiger partial charge >= 0.3 is 0 Å². The molecule has 7 nitrogen and oxygen atoms in total. The summed E-state index contributed by atoms with van der Waals surface area (Å²) in [6, 6.07) is 1.51. The number of aryl methyl sites for hydroxylation is 1. The topological polar surface area (TPSA) is 78.5 Å². The number of amides is 1. The van der Waals surface area contributed by atoms with Crippen LogP contribution in [0.3, 0.4) is 0 Å². The predicted octanol–water partition coefficient (Wildman–Crippen LogP) is 0.0257. The minimum absolute atomic E-state index is 0.0207. The minimum Gasteiger partial charge on any atom is -0.375 e. The molecule has 1 amide bonds. The van der Waals surface area contributed by atoms with Crippen LogP contribution in [0.2, 0.25) is 0 Å². The van der Waals surface area contributed by atoms with E-state index in [1.54, 1.807) is 0 Å².